The molecule has 2 aromatic rings. The molecule has 0 aromatic heterocycles. The van der Waals surface area contributed by atoms with E-state index < -0.39 is 23.3 Å². The van der Waals surface area contributed by atoms with Crippen LogP contribution in [0.5, 0.6) is 0 Å². The van der Waals surface area contributed by atoms with E-state index in [2.05, 4.69) is 6.92 Å². The molecule has 5 heteroatoms. The van der Waals surface area contributed by atoms with E-state index in [1.165, 1.54) is 18.6 Å². The van der Waals surface area contributed by atoms with E-state index in [0.717, 1.165) is 56.4 Å². The SMILES string of the molecule is CC1CCC(C2CCC(c3ccc(-c4cc(F)c(F)c(F)c4)c(F)c3)CC2)OC1. The Labute approximate surface area is 169 Å². The fraction of sp³-hybridized carbons (Fsp3) is 0.500. The molecular formula is C24H26F4O. The molecule has 1 saturated carbocycles. The highest BCUT2D eigenvalue weighted by Gasteiger charge is 2.31. The highest BCUT2D eigenvalue weighted by atomic mass is 19.2. The molecule has 4 rings (SSSR count). The van der Waals surface area contributed by atoms with E-state index in [0.29, 0.717) is 17.9 Å². The number of hydrogen-bond donors (Lipinski definition) is 0. The molecule has 0 bridgehead atoms. The number of hydrogen-bond acceptors (Lipinski definition) is 1. The van der Waals surface area contributed by atoms with Crippen molar-refractivity contribution in [3.8, 4) is 11.1 Å². The van der Waals surface area contributed by atoms with E-state index in [-0.39, 0.29) is 17.0 Å². The molecule has 2 aromatic carbocycles. The summed E-state index contributed by atoms with van der Waals surface area (Å²) in [7, 11) is 0. The molecule has 2 aliphatic rings. The zero-order valence-corrected chi connectivity index (χ0v) is 16.6. The predicted octanol–water partition coefficient (Wildman–Crippen LogP) is 7.00. The highest BCUT2D eigenvalue weighted by Crippen LogP contribution is 2.40. The van der Waals surface area contributed by atoms with E-state index in [9.17, 15) is 17.6 Å². The Kier molecular flexibility index (Phi) is 5.95. The third-order valence-electron chi connectivity index (χ3n) is 6.60. The lowest BCUT2D eigenvalue weighted by atomic mass is 9.75. The third-order valence-corrected chi connectivity index (χ3v) is 6.60. The van der Waals surface area contributed by atoms with Gasteiger partial charge in [-0.15, -0.1) is 0 Å². The van der Waals surface area contributed by atoms with Gasteiger partial charge in [0.1, 0.15) is 5.82 Å². The summed E-state index contributed by atoms with van der Waals surface area (Å²) in [6.07, 6.45) is 6.82. The maximum Gasteiger partial charge on any atom is 0.194 e. The quantitative estimate of drug-likeness (QED) is 0.394. The van der Waals surface area contributed by atoms with Gasteiger partial charge in [0.25, 0.3) is 0 Å². The molecular weight excluding hydrogens is 380 g/mol. The molecule has 2 unspecified atom stereocenters. The van der Waals surface area contributed by atoms with Crippen LogP contribution in [0.4, 0.5) is 17.6 Å². The minimum Gasteiger partial charge on any atom is -0.378 e. The van der Waals surface area contributed by atoms with Crippen LogP contribution in [-0.4, -0.2) is 12.7 Å². The van der Waals surface area contributed by atoms with Gasteiger partial charge >= 0.3 is 0 Å². The Balaban J connectivity index is 1.44. The van der Waals surface area contributed by atoms with Crippen LogP contribution < -0.4 is 0 Å². The molecule has 0 radical (unpaired) electrons. The van der Waals surface area contributed by atoms with Crippen LogP contribution in [0.3, 0.4) is 0 Å². The second-order valence-corrected chi connectivity index (χ2v) is 8.66. The Bertz CT molecular complexity index is 842. The van der Waals surface area contributed by atoms with E-state index in [1.807, 2.05) is 6.07 Å². The summed E-state index contributed by atoms with van der Waals surface area (Å²) in [6.45, 7) is 3.07. The first kappa shape index (κ1) is 20.4. The maximum atomic E-state index is 14.7. The van der Waals surface area contributed by atoms with E-state index in [4.69, 9.17) is 4.74 Å². The van der Waals surface area contributed by atoms with Gasteiger partial charge in [-0.1, -0.05) is 19.1 Å². The normalized spacial score (nSPS) is 27.8. The van der Waals surface area contributed by atoms with Crippen molar-refractivity contribution >= 4 is 0 Å². The van der Waals surface area contributed by atoms with Crippen LogP contribution in [0.2, 0.25) is 0 Å². The first-order valence-electron chi connectivity index (χ1n) is 10.5. The van der Waals surface area contributed by atoms with Gasteiger partial charge in [-0.2, -0.15) is 0 Å². The second-order valence-electron chi connectivity index (χ2n) is 8.66. The number of rotatable bonds is 3. The van der Waals surface area contributed by atoms with Crippen molar-refractivity contribution in [2.24, 2.45) is 11.8 Å². The molecule has 1 aliphatic carbocycles. The topological polar surface area (TPSA) is 9.23 Å². The van der Waals surface area contributed by atoms with Gasteiger partial charge in [0.05, 0.1) is 6.10 Å². The molecule has 1 aliphatic heterocycles. The number of halogens is 4. The van der Waals surface area contributed by atoms with Gasteiger partial charge in [0.2, 0.25) is 0 Å². The van der Waals surface area contributed by atoms with E-state index >= 15 is 0 Å². The molecule has 156 valence electrons. The zero-order chi connectivity index (χ0) is 20.5. The van der Waals surface area contributed by atoms with Gasteiger partial charge in [0.15, 0.2) is 17.5 Å². The summed E-state index contributed by atoms with van der Waals surface area (Å²) in [6, 6.07) is 6.47. The van der Waals surface area contributed by atoms with Gasteiger partial charge in [0, 0.05) is 12.2 Å². The Morgan fingerprint density at radius 2 is 1.48 bits per heavy atom. The summed E-state index contributed by atoms with van der Waals surface area (Å²) in [4.78, 5) is 0. The Morgan fingerprint density at radius 3 is 2.07 bits per heavy atom. The van der Waals surface area contributed by atoms with Crippen molar-refractivity contribution < 1.29 is 22.3 Å². The maximum absolute atomic E-state index is 14.7. The van der Waals surface area contributed by atoms with Crippen LogP contribution in [0.25, 0.3) is 11.1 Å². The van der Waals surface area contributed by atoms with Gasteiger partial charge in [-0.25, -0.2) is 17.6 Å². The van der Waals surface area contributed by atoms with Gasteiger partial charge in [-0.3, -0.25) is 0 Å². The summed E-state index contributed by atoms with van der Waals surface area (Å²) < 4.78 is 60.9. The molecule has 1 heterocycles. The minimum absolute atomic E-state index is 0.00201. The highest BCUT2D eigenvalue weighted by molar-refractivity contribution is 5.65. The largest absolute Gasteiger partial charge is 0.378 e. The van der Waals surface area contributed by atoms with Crippen LogP contribution in [0.1, 0.15) is 56.9 Å². The molecule has 1 nitrogen and oxygen atoms in total. The Morgan fingerprint density at radius 1 is 0.793 bits per heavy atom. The second kappa shape index (κ2) is 8.47. The van der Waals surface area contributed by atoms with Crippen LogP contribution in [0, 0.1) is 35.1 Å². The summed E-state index contributed by atoms with van der Waals surface area (Å²) in [5.41, 5.74) is 0.980. The van der Waals surface area contributed by atoms with Crippen LogP contribution in [-0.2, 0) is 4.74 Å². The Hall–Kier alpha value is -1.88. The average molecular weight is 406 g/mol. The number of ether oxygens (including phenoxy) is 1. The van der Waals surface area contributed by atoms with Crippen molar-refractivity contribution in [2.45, 2.75) is 57.5 Å². The van der Waals surface area contributed by atoms with Crippen molar-refractivity contribution in [1.82, 2.24) is 0 Å². The standard InChI is InChI=1S/C24H26F4O/c1-14-2-9-23(29-13-14)16-5-3-15(4-6-16)17-7-8-19(20(25)10-17)18-11-21(26)24(28)22(27)12-18/h7-8,10-12,14-16,23H,2-6,9,13H2,1H3. The first-order valence-corrected chi connectivity index (χ1v) is 10.5. The zero-order valence-electron chi connectivity index (χ0n) is 16.6. The smallest absolute Gasteiger partial charge is 0.194 e. The summed E-state index contributed by atoms with van der Waals surface area (Å²) in [5, 5.41) is 0. The molecule has 0 spiro atoms. The first-order chi connectivity index (χ1) is 13.9. The van der Waals surface area contributed by atoms with Gasteiger partial charge in [-0.05, 0) is 85.6 Å². The lowest BCUT2D eigenvalue weighted by Gasteiger charge is -2.37. The molecule has 2 fully saturated rings. The molecule has 29 heavy (non-hydrogen) atoms. The lowest BCUT2D eigenvalue weighted by Crippen LogP contribution is -2.33. The fourth-order valence-corrected chi connectivity index (χ4v) is 4.83. The molecule has 2 atom stereocenters. The van der Waals surface area contributed by atoms with Crippen molar-refractivity contribution in [3.05, 3.63) is 59.2 Å². The monoisotopic (exact) mass is 406 g/mol. The van der Waals surface area contributed by atoms with Gasteiger partial charge < -0.3 is 4.74 Å². The summed E-state index contributed by atoms with van der Waals surface area (Å²) in [5.74, 6) is -3.22. The van der Waals surface area contributed by atoms with Crippen LogP contribution >= 0.6 is 0 Å². The van der Waals surface area contributed by atoms with Crippen molar-refractivity contribution in [3.63, 3.8) is 0 Å². The molecule has 0 amide bonds. The van der Waals surface area contributed by atoms with Crippen molar-refractivity contribution in [2.75, 3.05) is 6.61 Å². The number of benzene rings is 2. The van der Waals surface area contributed by atoms with Crippen molar-refractivity contribution in [1.29, 1.82) is 0 Å². The molecule has 1 saturated heterocycles. The average Bonchev–Trinajstić information content (AvgIpc) is 2.72. The minimum atomic E-state index is -1.54. The summed E-state index contributed by atoms with van der Waals surface area (Å²) >= 11 is 0. The predicted molar refractivity (Wildman–Crippen MR) is 105 cm³/mol. The van der Waals surface area contributed by atoms with Crippen LogP contribution in [0.15, 0.2) is 30.3 Å². The fourth-order valence-electron chi connectivity index (χ4n) is 4.83. The third kappa shape index (κ3) is 4.35. The van der Waals surface area contributed by atoms with E-state index in [1.54, 1.807) is 0 Å². The lowest BCUT2D eigenvalue weighted by molar-refractivity contribution is -0.0523. The molecule has 0 N–H and O–H groups in total.